The van der Waals surface area contributed by atoms with Crippen LogP contribution in [0.4, 0.5) is 0 Å². The van der Waals surface area contributed by atoms with Gasteiger partial charge in [0, 0.05) is 25.0 Å². The molecule has 1 aliphatic carbocycles. The molecule has 2 N–H and O–H groups in total. The van der Waals surface area contributed by atoms with Crippen molar-refractivity contribution in [3.8, 4) is 0 Å². The average Bonchev–Trinajstić information content (AvgIpc) is 2.19. The summed E-state index contributed by atoms with van der Waals surface area (Å²) < 4.78 is 0. The highest BCUT2D eigenvalue weighted by Gasteiger charge is 2.24. The summed E-state index contributed by atoms with van der Waals surface area (Å²) in [6.45, 7) is 4.79. The molecule has 1 rings (SSSR count). The molecule has 1 unspecified atom stereocenters. The lowest BCUT2D eigenvalue weighted by molar-refractivity contribution is -0.134. The Morgan fingerprint density at radius 3 is 2.38 bits per heavy atom. The third kappa shape index (κ3) is 4.71. The maximum absolute atomic E-state index is 11.9. The van der Waals surface area contributed by atoms with Gasteiger partial charge in [0.25, 0.3) is 0 Å². The molecule has 0 saturated heterocycles. The molecule has 1 atom stereocenters. The van der Waals surface area contributed by atoms with Crippen molar-refractivity contribution in [3.63, 3.8) is 0 Å². The van der Waals surface area contributed by atoms with E-state index < -0.39 is 0 Å². The van der Waals surface area contributed by atoms with E-state index in [1.807, 2.05) is 11.8 Å². The van der Waals surface area contributed by atoms with E-state index in [0.717, 1.165) is 6.54 Å². The summed E-state index contributed by atoms with van der Waals surface area (Å²) in [7, 11) is 0. The van der Waals surface area contributed by atoms with Crippen LogP contribution in [0.3, 0.4) is 0 Å². The van der Waals surface area contributed by atoms with E-state index in [4.69, 9.17) is 5.73 Å². The van der Waals surface area contributed by atoms with Gasteiger partial charge in [-0.25, -0.2) is 0 Å². The Bertz CT molecular complexity index is 203. The fourth-order valence-electron chi connectivity index (χ4n) is 2.42. The predicted octanol–water partition coefficient (Wildman–Crippen LogP) is 2.33. The quantitative estimate of drug-likeness (QED) is 0.830. The summed E-state index contributed by atoms with van der Waals surface area (Å²) in [6.07, 6.45) is 6.72. The maximum atomic E-state index is 11.9. The minimum absolute atomic E-state index is 0. The number of rotatable bonds is 4. The number of carbonyl (C=O) groups is 1. The number of carbonyl (C=O) groups excluding carboxylic acids is 1. The fraction of sp³-hybridized carbons (Fsp3) is 0.917. The lowest BCUT2D eigenvalue weighted by atomic mass is 9.94. The van der Waals surface area contributed by atoms with Crippen LogP contribution in [0, 0.1) is 0 Å². The normalized spacial score (nSPS) is 18.7. The standard InChI is InChI=1S/C12H24N2O.ClH/c1-3-14(12(15)9-10(2)13)11-7-5-4-6-8-11;/h10-11H,3-9,13H2,1-2H3;1H. The second kappa shape index (κ2) is 7.91. The van der Waals surface area contributed by atoms with E-state index in [-0.39, 0.29) is 24.4 Å². The van der Waals surface area contributed by atoms with Crippen molar-refractivity contribution in [1.29, 1.82) is 0 Å². The van der Waals surface area contributed by atoms with Crippen LogP contribution in [0.15, 0.2) is 0 Å². The van der Waals surface area contributed by atoms with Crippen LogP contribution in [0.5, 0.6) is 0 Å². The Morgan fingerprint density at radius 1 is 1.38 bits per heavy atom. The minimum Gasteiger partial charge on any atom is -0.340 e. The van der Waals surface area contributed by atoms with Crippen molar-refractivity contribution in [1.82, 2.24) is 4.90 Å². The molecule has 0 aliphatic heterocycles. The predicted molar refractivity (Wildman–Crippen MR) is 69.8 cm³/mol. The zero-order chi connectivity index (χ0) is 11.3. The molecule has 0 spiro atoms. The number of hydrogen-bond donors (Lipinski definition) is 1. The Hall–Kier alpha value is -0.280. The SMILES string of the molecule is CCN(C(=O)CC(C)N)C1CCCCC1.Cl. The van der Waals surface area contributed by atoms with Gasteiger partial charge in [-0.15, -0.1) is 12.4 Å². The maximum Gasteiger partial charge on any atom is 0.224 e. The molecule has 4 heteroatoms. The Balaban J connectivity index is 0.00000225. The Morgan fingerprint density at radius 2 is 1.94 bits per heavy atom. The van der Waals surface area contributed by atoms with Gasteiger partial charge in [-0.3, -0.25) is 4.79 Å². The van der Waals surface area contributed by atoms with Crippen LogP contribution < -0.4 is 5.73 Å². The number of nitrogens with two attached hydrogens (primary N) is 1. The highest BCUT2D eigenvalue weighted by molar-refractivity contribution is 5.85. The number of amides is 1. The highest BCUT2D eigenvalue weighted by atomic mass is 35.5. The van der Waals surface area contributed by atoms with Gasteiger partial charge in [-0.2, -0.15) is 0 Å². The molecule has 0 heterocycles. The number of halogens is 1. The van der Waals surface area contributed by atoms with Gasteiger partial charge < -0.3 is 10.6 Å². The zero-order valence-electron chi connectivity index (χ0n) is 10.4. The first-order valence-corrected chi connectivity index (χ1v) is 6.20. The van der Waals surface area contributed by atoms with Crippen LogP contribution in [-0.2, 0) is 4.79 Å². The summed E-state index contributed by atoms with van der Waals surface area (Å²) >= 11 is 0. The van der Waals surface area contributed by atoms with Crippen LogP contribution >= 0.6 is 12.4 Å². The molecule has 96 valence electrons. The highest BCUT2D eigenvalue weighted by Crippen LogP contribution is 2.23. The Labute approximate surface area is 105 Å². The summed E-state index contributed by atoms with van der Waals surface area (Å²) in [6, 6.07) is 0.463. The van der Waals surface area contributed by atoms with Crippen molar-refractivity contribution in [2.45, 2.75) is 64.5 Å². The topological polar surface area (TPSA) is 46.3 Å². The van der Waals surface area contributed by atoms with E-state index >= 15 is 0 Å². The summed E-state index contributed by atoms with van der Waals surface area (Å²) in [5.74, 6) is 0.236. The summed E-state index contributed by atoms with van der Waals surface area (Å²) in [5, 5.41) is 0. The van der Waals surface area contributed by atoms with Crippen molar-refractivity contribution in [3.05, 3.63) is 0 Å². The molecule has 0 radical (unpaired) electrons. The van der Waals surface area contributed by atoms with Gasteiger partial charge in [0.2, 0.25) is 5.91 Å². The van der Waals surface area contributed by atoms with Gasteiger partial charge in [0.05, 0.1) is 0 Å². The van der Waals surface area contributed by atoms with Crippen LogP contribution in [0.25, 0.3) is 0 Å². The molecule has 1 amide bonds. The molecule has 1 fully saturated rings. The van der Waals surface area contributed by atoms with Crippen molar-refractivity contribution >= 4 is 18.3 Å². The first-order chi connectivity index (χ1) is 7.15. The molecular weight excluding hydrogens is 224 g/mol. The monoisotopic (exact) mass is 248 g/mol. The zero-order valence-corrected chi connectivity index (χ0v) is 11.3. The second-order valence-corrected chi connectivity index (χ2v) is 4.65. The molecule has 16 heavy (non-hydrogen) atoms. The van der Waals surface area contributed by atoms with E-state index in [1.165, 1.54) is 32.1 Å². The van der Waals surface area contributed by atoms with E-state index in [2.05, 4.69) is 6.92 Å². The van der Waals surface area contributed by atoms with Gasteiger partial charge in [0.15, 0.2) is 0 Å². The Kier molecular flexibility index (Phi) is 7.77. The van der Waals surface area contributed by atoms with Crippen molar-refractivity contribution < 1.29 is 4.79 Å². The van der Waals surface area contributed by atoms with Gasteiger partial charge in [-0.05, 0) is 26.7 Å². The molecule has 0 bridgehead atoms. The molecule has 0 aromatic carbocycles. The number of hydrogen-bond acceptors (Lipinski definition) is 2. The van der Waals surface area contributed by atoms with Crippen LogP contribution in [0.2, 0.25) is 0 Å². The van der Waals surface area contributed by atoms with Crippen LogP contribution in [0.1, 0.15) is 52.4 Å². The van der Waals surface area contributed by atoms with Crippen molar-refractivity contribution in [2.75, 3.05) is 6.54 Å². The third-order valence-corrected chi connectivity index (χ3v) is 3.17. The lowest BCUT2D eigenvalue weighted by Crippen LogP contribution is -2.43. The lowest BCUT2D eigenvalue weighted by Gasteiger charge is -2.34. The third-order valence-electron chi connectivity index (χ3n) is 3.17. The van der Waals surface area contributed by atoms with Gasteiger partial charge >= 0.3 is 0 Å². The first-order valence-electron chi connectivity index (χ1n) is 6.20. The summed E-state index contributed by atoms with van der Waals surface area (Å²) in [5.41, 5.74) is 5.67. The van der Waals surface area contributed by atoms with Gasteiger partial charge in [0.1, 0.15) is 0 Å². The summed E-state index contributed by atoms with van der Waals surface area (Å²) in [4.78, 5) is 14.0. The van der Waals surface area contributed by atoms with E-state index in [0.29, 0.717) is 12.5 Å². The van der Waals surface area contributed by atoms with E-state index in [1.54, 1.807) is 0 Å². The van der Waals surface area contributed by atoms with Gasteiger partial charge in [-0.1, -0.05) is 19.3 Å². The largest absolute Gasteiger partial charge is 0.340 e. The average molecular weight is 249 g/mol. The van der Waals surface area contributed by atoms with E-state index in [9.17, 15) is 4.79 Å². The first kappa shape index (κ1) is 15.7. The minimum atomic E-state index is -0.0184. The second-order valence-electron chi connectivity index (χ2n) is 4.65. The molecule has 0 aromatic rings. The van der Waals surface area contributed by atoms with Crippen LogP contribution in [-0.4, -0.2) is 29.4 Å². The molecule has 1 saturated carbocycles. The molecule has 0 aromatic heterocycles. The smallest absolute Gasteiger partial charge is 0.224 e. The number of nitrogens with zero attached hydrogens (tertiary/aromatic N) is 1. The molecule has 3 nitrogen and oxygen atoms in total. The van der Waals surface area contributed by atoms with Crippen molar-refractivity contribution in [2.24, 2.45) is 5.73 Å². The molecular formula is C12H25ClN2O. The fourth-order valence-corrected chi connectivity index (χ4v) is 2.42. The molecule has 1 aliphatic rings.